The largest absolute Gasteiger partial charge is 0.312 e. The molecule has 3 fully saturated rings. The second-order valence-corrected chi connectivity index (χ2v) is 6.93. The molecule has 0 aromatic carbocycles. The third kappa shape index (κ3) is 2.75. The van der Waals surface area contributed by atoms with E-state index in [0.29, 0.717) is 0 Å². The summed E-state index contributed by atoms with van der Waals surface area (Å²) in [5.41, 5.74) is 0. The summed E-state index contributed by atoms with van der Waals surface area (Å²) in [6, 6.07) is 2.57. The van der Waals surface area contributed by atoms with Gasteiger partial charge in [-0.05, 0) is 57.5 Å². The smallest absolute Gasteiger partial charge is 0.0252 e. The van der Waals surface area contributed by atoms with Gasteiger partial charge >= 0.3 is 0 Å². The van der Waals surface area contributed by atoms with Crippen molar-refractivity contribution in [3.63, 3.8) is 0 Å². The van der Waals surface area contributed by atoms with Crippen LogP contribution in [0, 0.1) is 5.92 Å². The highest BCUT2D eigenvalue weighted by molar-refractivity contribution is 4.94. The van der Waals surface area contributed by atoms with E-state index in [1.54, 1.807) is 0 Å². The van der Waals surface area contributed by atoms with Gasteiger partial charge < -0.3 is 5.32 Å². The van der Waals surface area contributed by atoms with Crippen LogP contribution in [0.3, 0.4) is 0 Å². The van der Waals surface area contributed by atoms with E-state index in [1.807, 2.05) is 0 Å². The molecule has 18 heavy (non-hydrogen) atoms. The minimum atomic E-state index is 0.808. The van der Waals surface area contributed by atoms with Crippen LogP contribution in [0.5, 0.6) is 0 Å². The maximum absolute atomic E-state index is 3.76. The average Bonchev–Trinajstić information content (AvgIpc) is 2.92. The lowest BCUT2D eigenvalue weighted by molar-refractivity contribution is 0.0446. The number of nitrogens with zero attached hydrogens (tertiary/aromatic N) is 1. The van der Waals surface area contributed by atoms with Crippen molar-refractivity contribution in [2.75, 3.05) is 13.1 Å². The van der Waals surface area contributed by atoms with Crippen molar-refractivity contribution < 1.29 is 0 Å². The summed E-state index contributed by atoms with van der Waals surface area (Å²) < 4.78 is 0. The molecule has 4 atom stereocenters. The highest BCUT2D eigenvalue weighted by Gasteiger charge is 2.36. The lowest BCUT2D eigenvalue weighted by Crippen LogP contribution is -2.54. The summed E-state index contributed by atoms with van der Waals surface area (Å²) in [4.78, 5) is 2.92. The van der Waals surface area contributed by atoms with E-state index in [4.69, 9.17) is 0 Å². The molecule has 0 amide bonds. The first-order valence-corrected chi connectivity index (χ1v) is 8.34. The summed E-state index contributed by atoms with van der Waals surface area (Å²) in [6.45, 7) is 5.09. The minimum absolute atomic E-state index is 0.808. The molecule has 3 rings (SSSR count). The quantitative estimate of drug-likeness (QED) is 0.810. The van der Waals surface area contributed by atoms with Gasteiger partial charge in [0.2, 0.25) is 0 Å². The summed E-state index contributed by atoms with van der Waals surface area (Å²) in [6.07, 6.45) is 13.0. The first-order chi connectivity index (χ1) is 8.84. The fourth-order valence-corrected chi connectivity index (χ4v) is 4.61. The van der Waals surface area contributed by atoms with Gasteiger partial charge in [0.1, 0.15) is 0 Å². The fraction of sp³-hybridized carbons (Fsp3) is 1.00. The van der Waals surface area contributed by atoms with Crippen LogP contribution in [0.15, 0.2) is 0 Å². The molecule has 2 heterocycles. The maximum atomic E-state index is 3.76. The van der Waals surface area contributed by atoms with Crippen molar-refractivity contribution in [1.82, 2.24) is 10.2 Å². The topological polar surface area (TPSA) is 15.3 Å². The van der Waals surface area contributed by atoms with Crippen LogP contribution >= 0.6 is 0 Å². The summed E-state index contributed by atoms with van der Waals surface area (Å²) in [7, 11) is 0. The van der Waals surface area contributed by atoms with Crippen LogP contribution in [-0.2, 0) is 0 Å². The van der Waals surface area contributed by atoms with Crippen molar-refractivity contribution in [3.05, 3.63) is 0 Å². The highest BCUT2D eigenvalue weighted by Crippen LogP contribution is 2.33. The first-order valence-electron chi connectivity index (χ1n) is 8.34. The second-order valence-electron chi connectivity index (χ2n) is 6.93. The Hall–Kier alpha value is -0.0800. The summed E-state index contributed by atoms with van der Waals surface area (Å²) in [5.74, 6) is 0.961. The first kappa shape index (κ1) is 12.9. The van der Waals surface area contributed by atoms with Crippen LogP contribution in [-0.4, -0.2) is 36.1 Å². The average molecular weight is 250 g/mol. The molecule has 2 nitrogen and oxygen atoms in total. The monoisotopic (exact) mass is 250 g/mol. The van der Waals surface area contributed by atoms with Crippen LogP contribution in [0.2, 0.25) is 0 Å². The van der Waals surface area contributed by atoms with E-state index < -0.39 is 0 Å². The van der Waals surface area contributed by atoms with Crippen molar-refractivity contribution in [2.45, 2.75) is 82.8 Å². The molecule has 0 aromatic rings. The van der Waals surface area contributed by atoms with Gasteiger partial charge in [0, 0.05) is 18.1 Å². The van der Waals surface area contributed by atoms with Gasteiger partial charge in [0.05, 0.1) is 0 Å². The zero-order valence-corrected chi connectivity index (χ0v) is 12.0. The number of nitrogens with one attached hydrogen (secondary N) is 1. The van der Waals surface area contributed by atoms with Gasteiger partial charge in [0.25, 0.3) is 0 Å². The maximum Gasteiger partial charge on any atom is 0.0252 e. The Morgan fingerprint density at radius 3 is 2.67 bits per heavy atom. The molecule has 4 unspecified atom stereocenters. The van der Waals surface area contributed by atoms with Gasteiger partial charge in [0.15, 0.2) is 0 Å². The molecule has 3 aliphatic rings. The number of piperidine rings is 1. The number of hydrogen-bond acceptors (Lipinski definition) is 2. The van der Waals surface area contributed by atoms with E-state index in [-0.39, 0.29) is 0 Å². The van der Waals surface area contributed by atoms with Crippen LogP contribution in [0.25, 0.3) is 0 Å². The van der Waals surface area contributed by atoms with Gasteiger partial charge in [-0.25, -0.2) is 0 Å². The molecule has 2 aliphatic heterocycles. The predicted octanol–water partition coefficient (Wildman–Crippen LogP) is 3.17. The third-order valence-electron chi connectivity index (χ3n) is 5.53. The molecule has 1 aliphatic carbocycles. The Morgan fingerprint density at radius 1 is 0.944 bits per heavy atom. The van der Waals surface area contributed by atoms with Gasteiger partial charge in [-0.3, -0.25) is 4.90 Å². The Labute approximate surface area is 113 Å². The van der Waals surface area contributed by atoms with Crippen LogP contribution in [0.1, 0.15) is 64.7 Å². The molecule has 0 aromatic heterocycles. The van der Waals surface area contributed by atoms with E-state index in [1.165, 1.54) is 70.9 Å². The van der Waals surface area contributed by atoms with Crippen LogP contribution in [0.4, 0.5) is 0 Å². The van der Waals surface area contributed by atoms with Gasteiger partial charge in [-0.15, -0.1) is 0 Å². The number of rotatable bonds is 2. The van der Waals surface area contributed by atoms with Crippen LogP contribution < -0.4 is 5.32 Å². The SMILES string of the molecule is CC1CCCC(N2CCCCC2C2CCCN2)C1. The third-order valence-corrected chi connectivity index (χ3v) is 5.53. The molecule has 2 saturated heterocycles. The number of hydrogen-bond donors (Lipinski definition) is 1. The van der Waals surface area contributed by atoms with Gasteiger partial charge in [-0.1, -0.05) is 26.2 Å². The van der Waals surface area contributed by atoms with Crippen molar-refractivity contribution >= 4 is 0 Å². The standard InChI is InChI=1S/C16H30N2/c1-13-6-4-7-14(12-13)18-11-3-2-9-16(18)15-8-5-10-17-15/h13-17H,2-12H2,1H3. The Morgan fingerprint density at radius 2 is 1.89 bits per heavy atom. The van der Waals surface area contributed by atoms with E-state index in [9.17, 15) is 0 Å². The second kappa shape index (κ2) is 5.92. The Bertz CT molecular complexity index is 260. The van der Waals surface area contributed by atoms with Crippen molar-refractivity contribution in [1.29, 1.82) is 0 Å². The van der Waals surface area contributed by atoms with Gasteiger partial charge in [-0.2, -0.15) is 0 Å². The zero-order chi connectivity index (χ0) is 12.4. The molecular weight excluding hydrogens is 220 g/mol. The van der Waals surface area contributed by atoms with Crippen molar-refractivity contribution in [3.8, 4) is 0 Å². The fourth-order valence-electron chi connectivity index (χ4n) is 4.61. The van der Waals surface area contributed by atoms with Crippen molar-refractivity contribution in [2.24, 2.45) is 5.92 Å². The normalized spacial score (nSPS) is 43.2. The summed E-state index contributed by atoms with van der Waals surface area (Å²) in [5, 5.41) is 3.76. The highest BCUT2D eigenvalue weighted by atomic mass is 15.2. The lowest BCUT2D eigenvalue weighted by atomic mass is 9.83. The van der Waals surface area contributed by atoms with E-state index >= 15 is 0 Å². The molecule has 0 bridgehead atoms. The molecule has 104 valence electrons. The Balaban J connectivity index is 1.66. The molecule has 1 N–H and O–H groups in total. The van der Waals surface area contributed by atoms with E-state index in [0.717, 1.165) is 24.0 Å². The molecule has 2 heteroatoms. The minimum Gasteiger partial charge on any atom is -0.312 e. The zero-order valence-electron chi connectivity index (χ0n) is 12.0. The number of likely N-dealkylation sites (tertiary alicyclic amines) is 1. The molecule has 0 radical (unpaired) electrons. The van der Waals surface area contributed by atoms with E-state index in [2.05, 4.69) is 17.1 Å². The Kier molecular flexibility index (Phi) is 4.25. The molecule has 1 saturated carbocycles. The lowest BCUT2D eigenvalue weighted by Gasteiger charge is -2.46. The summed E-state index contributed by atoms with van der Waals surface area (Å²) >= 11 is 0. The molecule has 0 spiro atoms. The molecular formula is C16H30N2. The predicted molar refractivity (Wildman–Crippen MR) is 76.8 cm³/mol.